The number of alkyl halides is 1. The van der Waals surface area contributed by atoms with Crippen molar-refractivity contribution in [1.82, 2.24) is 10.3 Å². The van der Waals surface area contributed by atoms with E-state index in [9.17, 15) is 0 Å². The van der Waals surface area contributed by atoms with E-state index >= 15 is 0 Å². The summed E-state index contributed by atoms with van der Waals surface area (Å²) in [6.07, 6.45) is 0. The lowest BCUT2D eigenvalue weighted by molar-refractivity contribution is 0.545. The normalized spacial score (nSPS) is 13.5. The predicted octanol–water partition coefficient (Wildman–Crippen LogP) is 2.80. The second-order valence-corrected chi connectivity index (χ2v) is 5.28. The molecule has 2 nitrogen and oxygen atoms in total. The van der Waals surface area contributed by atoms with Crippen LogP contribution >= 0.6 is 22.9 Å². The highest BCUT2D eigenvalue weighted by Crippen LogP contribution is 2.10. The number of rotatable bonds is 5. The third-order valence-electron chi connectivity index (χ3n) is 2.01. The van der Waals surface area contributed by atoms with Crippen molar-refractivity contribution in [2.45, 2.75) is 32.7 Å². The molecule has 0 saturated heterocycles. The van der Waals surface area contributed by atoms with Crippen LogP contribution in [0.5, 0.6) is 0 Å². The van der Waals surface area contributed by atoms with Crippen molar-refractivity contribution < 1.29 is 0 Å². The summed E-state index contributed by atoms with van der Waals surface area (Å²) in [4.78, 5) is 4.37. The molecule has 0 spiro atoms. The standard InChI is InChI=1S/C10H17ClN2S/c1-7(2)9(11)4-12-5-10-13-8(3)6-14-10/h6-7,9,12H,4-5H2,1-3H3. The van der Waals surface area contributed by atoms with Gasteiger partial charge in [0.25, 0.3) is 0 Å². The predicted molar refractivity (Wildman–Crippen MR) is 63.0 cm³/mol. The first-order valence-corrected chi connectivity index (χ1v) is 6.17. The van der Waals surface area contributed by atoms with Gasteiger partial charge in [-0.2, -0.15) is 0 Å². The summed E-state index contributed by atoms with van der Waals surface area (Å²) in [6.45, 7) is 7.95. The van der Waals surface area contributed by atoms with Crippen LogP contribution in [-0.2, 0) is 6.54 Å². The molecule has 1 unspecified atom stereocenters. The lowest BCUT2D eigenvalue weighted by Gasteiger charge is -2.13. The van der Waals surface area contributed by atoms with E-state index in [4.69, 9.17) is 11.6 Å². The van der Waals surface area contributed by atoms with E-state index in [1.165, 1.54) is 0 Å². The fourth-order valence-electron chi connectivity index (χ4n) is 1.04. The van der Waals surface area contributed by atoms with E-state index in [1.54, 1.807) is 11.3 Å². The zero-order valence-electron chi connectivity index (χ0n) is 8.88. The molecule has 0 aliphatic rings. The molecule has 0 aromatic carbocycles. The molecule has 1 atom stereocenters. The van der Waals surface area contributed by atoms with Crippen molar-refractivity contribution in [1.29, 1.82) is 0 Å². The molecule has 0 fully saturated rings. The zero-order valence-corrected chi connectivity index (χ0v) is 10.5. The summed E-state index contributed by atoms with van der Waals surface area (Å²) in [5.74, 6) is 0.516. The Kier molecular flexibility index (Phi) is 4.85. The van der Waals surface area contributed by atoms with Gasteiger partial charge in [0, 0.05) is 29.5 Å². The number of nitrogens with one attached hydrogen (secondary N) is 1. The Balaban J connectivity index is 2.22. The van der Waals surface area contributed by atoms with Crippen LogP contribution in [0.3, 0.4) is 0 Å². The summed E-state index contributed by atoms with van der Waals surface area (Å²) in [6, 6.07) is 0. The number of nitrogens with zero attached hydrogens (tertiary/aromatic N) is 1. The molecule has 14 heavy (non-hydrogen) atoms. The Bertz CT molecular complexity index is 273. The largest absolute Gasteiger partial charge is 0.309 e. The molecule has 0 amide bonds. The van der Waals surface area contributed by atoms with E-state index in [2.05, 4.69) is 29.5 Å². The minimum atomic E-state index is 0.205. The number of hydrogen-bond donors (Lipinski definition) is 1. The Morgan fingerprint density at radius 3 is 2.79 bits per heavy atom. The van der Waals surface area contributed by atoms with Gasteiger partial charge in [-0.05, 0) is 12.8 Å². The zero-order chi connectivity index (χ0) is 10.6. The average Bonchev–Trinajstić information content (AvgIpc) is 2.51. The molecule has 0 bridgehead atoms. The van der Waals surface area contributed by atoms with Gasteiger partial charge in [0.2, 0.25) is 0 Å². The fraction of sp³-hybridized carbons (Fsp3) is 0.700. The maximum atomic E-state index is 6.11. The van der Waals surface area contributed by atoms with Crippen LogP contribution in [0.4, 0.5) is 0 Å². The highest BCUT2D eigenvalue weighted by atomic mass is 35.5. The summed E-state index contributed by atoms with van der Waals surface area (Å²) in [5, 5.41) is 6.72. The third kappa shape index (κ3) is 3.95. The first-order valence-electron chi connectivity index (χ1n) is 4.85. The van der Waals surface area contributed by atoms with Crippen LogP contribution in [0.15, 0.2) is 5.38 Å². The van der Waals surface area contributed by atoms with E-state index in [0.29, 0.717) is 5.92 Å². The molecule has 4 heteroatoms. The molecule has 1 aromatic heterocycles. The van der Waals surface area contributed by atoms with E-state index < -0.39 is 0 Å². The number of aromatic nitrogens is 1. The molecule has 1 N–H and O–H groups in total. The van der Waals surface area contributed by atoms with Crippen LogP contribution in [-0.4, -0.2) is 16.9 Å². The van der Waals surface area contributed by atoms with Crippen LogP contribution in [0, 0.1) is 12.8 Å². The molecule has 1 heterocycles. The molecule has 1 aromatic rings. The number of thiazole rings is 1. The van der Waals surface area contributed by atoms with E-state index in [-0.39, 0.29) is 5.38 Å². The molecule has 0 aliphatic heterocycles. The van der Waals surface area contributed by atoms with Gasteiger partial charge in [0.05, 0.1) is 0 Å². The van der Waals surface area contributed by atoms with Crippen LogP contribution in [0.2, 0.25) is 0 Å². The molecular weight excluding hydrogens is 216 g/mol. The highest BCUT2D eigenvalue weighted by Gasteiger charge is 2.08. The Morgan fingerprint density at radius 1 is 1.57 bits per heavy atom. The molecule has 1 rings (SSSR count). The first-order chi connectivity index (χ1) is 6.59. The van der Waals surface area contributed by atoms with Gasteiger partial charge < -0.3 is 5.32 Å². The van der Waals surface area contributed by atoms with Crippen molar-refractivity contribution in [2.75, 3.05) is 6.54 Å². The minimum absolute atomic E-state index is 0.205. The van der Waals surface area contributed by atoms with Crippen molar-refractivity contribution in [3.8, 4) is 0 Å². The van der Waals surface area contributed by atoms with Crippen LogP contribution in [0.25, 0.3) is 0 Å². The van der Waals surface area contributed by atoms with Crippen molar-refractivity contribution in [3.63, 3.8) is 0 Å². The highest BCUT2D eigenvalue weighted by molar-refractivity contribution is 7.09. The van der Waals surface area contributed by atoms with Crippen molar-refractivity contribution in [3.05, 3.63) is 16.1 Å². The lowest BCUT2D eigenvalue weighted by atomic mass is 10.1. The maximum Gasteiger partial charge on any atom is 0.107 e. The van der Waals surface area contributed by atoms with Crippen LogP contribution in [0.1, 0.15) is 24.5 Å². The summed E-state index contributed by atoms with van der Waals surface area (Å²) >= 11 is 7.80. The third-order valence-corrected chi connectivity index (χ3v) is 3.63. The molecular formula is C10H17ClN2S. The number of halogens is 1. The number of hydrogen-bond acceptors (Lipinski definition) is 3. The second-order valence-electron chi connectivity index (χ2n) is 3.77. The van der Waals surface area contributed by atoms with Gasteiger partial charge in [-0.25, -0.2) is 4.98 Å². The summed E-state index contributed by atoms with van der Waals surface area (Å²) < 4.78 is 0. The first kappa shape index (κ1) is 12.0. The molecule has 0 aliphatic carbocycles. The minimum Gasteiger partial charge on any atom is -0.309 e. The van der Waals surface area contributed by atoms with Gasteiger partial charge in [-0.15, -0.1) is 22.9 Å². The van der Waals surface area contributed by atoms with Gasteiger partial charge >= 0.3 is 0 Å². The SMILES string of the molecule is Cc1csc(CNCC(Cl)C(C)C)n1. The molecule has 80 valence electrons. The molecule has 0 saturated carbocycles. The van der Waals surface area contributed by atoms with Gasteiger partial charge in [-0.3, -0.25) is 0 Å². The summed E-state index contributed by atoms with van der Waals surface area (Å²) in [7, 11) is 0. The Morgan fingerprint density at radius 2 is 2.29 bits per heavy atom. The molecule has 0 radical (unpaired) electrons. The van der Waals surface area contributed by atoms with Gasteiger partial charge in [0.1, 0.15) is 5.01 Å². The van der Waals surface area contributed by atoms with Crippen LogP contribution < -0.4 is 5.32 Å². The van der Waals surface area contributed by atoms with E-state index in [0.717, 1.165) is 23.8 Å². The van der Waals surface area contributed by atoms with Crippen molar-refractivity contribution >= 4 is 22.9 Å². The summed E-state index contributed by atoms with van der Waals surface area (Å²) in [5.41, 5.74) is 1.10. The number of aryl methyl sites for hydroxylation is 1. The smallest absolute Gasteiger partial charge is 0.107 e. The lowest BCUT2D eigenvalue weighted by Crippen LogP contribution is -2.26. The van der Waals surface area contributed by atoms with Gasteiger partial charge in [-0.1, -0.05) is 13.8 Å². The fourth-order valence-corrected chi connectivity index (χ4v) is 1.89. The van der Waals surface area contributed by atoms with Gasteiger partial charge in [0.15, 0.2) is 0 Å². The topological polar surface area (TPSA) is 24.9 Å². The quantitative estimate of drug-likeness (QED) is 0.790. The second kappa shape index (κ2) is 5.69. The van der Waals surface area contributed by atoms with E-state index in [1.807, 2.05) is 6.92 Å². The monoisotopic (exact) mass is 232 g/mol. The average molecular weight is 233 g/mol. The van der Waals surface area contributed by atoms with Crippen molar-refractivity contribution in [2.24, 2.45) is 5.92 Å². The maximum absolute atomic E-state index is 6.11. The Labute approximate surface area is 94.7 Å². The Hall–Kier alpha value is -0.120.